The van der Waals surface area contributed by atoms with Gasteiger partial charge >= 0.3 is 0 Å². The summed E-state index contributed by atoms with van der Waals surface area (Å²) in [5, 5.41) is 4.43. The molecule has 0 amide bonds. The molecule has 0 bridgehead atoms. The number of hydrogen-bond acceptors (Lipinski definition) is 2. The van der Waals surface area contributed by atoms with Crippen LogP contribution in [0.3, 0.4) is 0 Å². The monoisotopic (exact) mass is 306 g/mol. The average Bonchev–Trinajstić information content (AvgIpc) is 3.24. The van der Waals surface area contributed by atoms with Crippen molar-refractivity contribution in [2.24, 2.45) is 5.92 Å². The van der Waals surface area contributed by atoms with E-state index in [9.17, 15) is 0 Å². The quantitative estimate of drug-likeness (QED) is 0.826. The lowest BCUT2D eigenvalue weighted by molar-refractivity contribution is 0.424. The number of halogens is 1. The van der Waals surface area contributed by atoms with Crippen molar-refractivity contribution in [3.8, 4) is 0 Å². The Morgan fingerprint density at radius 1 is 1.19 bits per heavy atom. The fourth-order valence-electron chi connectivity index (χ4n) is 2.67. The van der Waals surface area contributed by atoms with Gasteiger partial charge in [0.05, 0.1) is 10.7 Å². The molecule has 0 atom stereocenters. The van der Waals surface area contributed by atoms with E-state index in [2.05, 4.69) is 49.2 Å². The first-order valence-electron chi connectivity index (χ1n) is 8.22. The summed E-state index contributed by atoms with van der Waals surface area (Å²) in [6.07, 6.45) is 5.45. The average molecular weight is 307 g/mol. The molecule has 0 spiro atoms. The van der Waals surface area contributed by atoms with Crippen molar-refractivity contribution in [2.75, 3.05) is 11.4 Å². The summed E-state index contributed by atoms with van der Waals surface area (Å²) in [4.78, 5) is 2.56. The van der Waals surface area contributed by atoms with Gasteiger partial charge in [-0.15, -0.1) is 0 Å². The molecule has 2 fully saturated rings. The molecule has 2 saturated carbocycles. The minimum absolute atomic E-state index is 0.136. The highest BCUT2D eigenvalue weighted by Crippen LogP contribution is 2.40. The van der Waals surface area contributed by atoms with E-state index in [1.807, 2.05) is 0 Å². The van der Waals surface area contributed by atoms with Crippen molar-refractivity contribution in [3.05, 3.63) is 28.8 Å². The Kier molecular flexibility index (Phi) is 4.20. The molecule has 1 N–H and O–H groups in total. The van der Waals surface area contributed by atoms with Crippen LogP contribution in [-0.4, -0.2) is 18.1 Å². The van der Waals surface area contributed by atoms with Gasteiger partial charge in [0, 0.05) is 24.7 Å². The second-order valence-electron chi connectivity index (χ2n) is 7.72. The fraction of sp³-hybridized carbons (Fsp3) is 0.667. The Bertz CT molecular complexity index is 498. The number of hydrogen-bond donors (Lipinski definition) is 1. The van der Waals surface area contributed by atoms with E-state index >= 15 is 0 Å². The summed E-state index contributed by atoms with van der Waals surface area (Å²) in [6.45, 7) is 8.63. The zero-order valence-electron chi connectivity index (χ0n) is 13.5. The van der Waals surface area contributed by atoms with E-state index < -0.39 is 0 Å². The Balaban J connectivity index is 1.70. The third-order valence-electron chi connectivity index (χ3n) is 4.28. The highest BCUT2D eigenvalue weighted by atomic mass is 35.5. The summed E-state index contributed by atoms with van der Waals surface area (Å²) in [6, 6.07) is 7.32. The minimum Gasteiger partial charge on any atom is -0.367 e. The minimum atomic E-state index is 0.136. The van der Waals surface area contributed by atoms with E-state index in [0.717, 1.165) is 23.5 Å². The van der Waals surface area contributed by atoms with E-state index in [-0.39, 0.29) is 5.54 Å². The fourth-order valence-corrected chi connectivity index (χ4v) is 2.98. The third-order valence-corrected chi connectivity index (χ3v) is 4.59. The van der Waals surface area contributed by atoms with Crippen molar-refractivity contribution in [1.82, 2.24) is 5.32 Å². The largest absolute Gasteiger partial charge is 0.367 e. The maximum Gasteiger partial charge on any atom is 0.0642 e. The van der Waals surface area contributed by atoms with Crippen LogP contribution in [0, 0.1) is 5.92 Å². The standard InChI is InChI=1S/C18H27ClN2/c1-18(2,3)20-11-14-6-9-17(16(19)10-14)21(15-7-8-15)12-13-4-5-13/h6,9-10,13,15,20H,4-5,7-8,11-12H2,1-3H3. The second-order valence-corrected chi connectivity index (χ2v) is 8.12. The maximum atomic E-state index is 6.58. The zero-order valence-corrected chi connectivity index (χ0v) is 14.2. The molecule has 2 nitrogen and oxygen atoms in total. The molecule has 0 aromatic heterocycles. The molecule has 0 unspecified atom stereocenters. The normalized spacial score (nSPS) is 18.9. The van der Waals surface area contributed by atoms with E-state index in [0.29, 0.717) is 0 Å². The first-order valence-corrected chi connectivity index (χ1v) is 8.60. The smallest absolute Gasteiger partial charge is 0.0642 e. The van der Waals surface area contributed by atoms with Crippen LogP contribution in [0.25, 0.3) is 0 Å². The van der Waals surface area contributed by atoms with Crippen LogP contribution < -0.4 is 10.2 Å². The van der Waals surface area contributed by atoms with Gasteiger partial charge in [0.15, 0.2) is 0 Å². The molecule has 0 aliphatic heterocycles. The van der Waals surface area contributed by atoms with Crippen molar-refractivity contribution in [3.63, 3.8) is 0 Å². The molecule has 2 aliphatic rings. The van der Waals surface area contributed by atoms with Crippen molar-refractivity contribution < 1.29 is 0 Å². The summed E-state index contributed by atoms with van der Waals surface area (Å²) in [7, 11) is 0. The number of nitrogens with one attached hydrogen (secondary N) is 1. The molecule has 116 valence electrons. The van der Waals surface area contributed by atoms with E-state index in [1.54, 1.807) is 0 Å². The van der Waals surface area contributed by atoms with Crippen LogP contribution in [-0.2, 0) is 6.54 Å². The molecule has 0 saturated heterocycles. The molecular weight excluding hydrogens is 280 g/mol. The summed E-state index contributed by atoms with van der Waals surface area (Å²) in [5.74, 6) is 0.906. The predicted molar refractivity (Wildman–Crippen MR) is 91.1 cm³/mol. The molecule has 3 rings (SSSR count). The first-order chi connectivity index (χ1) is 9.92. The lowest BCUT2D eigenvalue weighted by atomic mass is 10.1. The third kappa shape index (κ3) is 4.37. The Hall–Kier alpha value is -0.730. The van der Waals surface area contributed by atoms with Gasteiger partial charge < -0.3 is 10.2 Å². The number of nitrogens with zero attached hydrogens (tertiary/aromatic N) is 1. The number of rotatable bonds is 6. The van der Waals surface area contributed by atoms with Crippen LogP contribution in [0.15, 0.2) is 18.2 Å². The first kappa shape index (κ1) is 15.2. The number of anilines is 1. The van der Waals surface area contributed by atoms with Gasteiger partial charge in [0.1, 0.15) is 0 Å². The van der Waals surface area contributed by atoms with Crippen LogP contribution >= 0.6 is 11.6 Å². The van der Waals surface area contributed by atoms with Gasteiger partial charge in [-0.2, -0.15) is 0 Å². The van der Waals surface area contributed by atoms with Crippen LogP contribution in [0.2, 0.25) is 5.02 Å². The zero-order chi connectivity index (χ0) is 15.0. The molecule has 0 radical (unpaired) electrons. The maximum absolute atomic E-state index is 6.58. The van der Waals surface area contributed by atoms with Gasteiger partial charge in [0.2, 0.25) is 0 Å². The molecule has 3 heteroatoms. The molecule has 21 heavy (non-hydrogen) atoms. The Labute approximate surface area is 133 Å². The SMILES string of the molecule is CC(C)(C)NCc1ccc(N(CC2CC2)C2CC2)c(Cl)c1. The van der Waals surface area contributed by atoms with Crippen LogP contribution in [0.1, 0.15) is 52.0 Å². The molecule has 2 aliphatic carbocycles. The lowest BCUT2D eigenvalue weighted by Gasteiger charge is -2.26. The highest BCUT2D eigenvalue weighted by Gasteiger charge is 2.34. The van der Waals surface area contributed by atoms with E-state index in [4.69, 9.17) is 11.6 Å². The van der Waals surface area contributed by atoms with Gasteiger partial charge in [-0.25, -0.2) is 0 Å². The topological polar surface area (TPSA) is 15.3 Å². The van der Waals surface area contributed by atoms with Crippen LogP contribution in [0.5, 0.6) is 0 Å². The summed E-state index contributed by atoms with van der Waals surface area (Å²) < 4.78 is 0. The van der Waals surface area contributed by atoms with E-state index in [1.165, 1.54) is 43.5 Å². The molecule has 1 aromatic carbocycles. The molecule has 1 aromatic rings. The van der Waals surface area contributed by atoms with Crippen LogP contribution in [0.4, 0.5) is 5.69 Å². The Morgan fingerprint density at radius 3 is 2.43 bits per heavy atom. The predicted octanol–water partition coefficient (Wildman–Crippen LogP) is 4.61. The Morgan fingerprint density at radius 2 is 1.90 bits per heavy atom. The second kappa shape index (κ2) is 5.81. The summed E-state index contributed by atoms with van der Waals surface area (Å²) >= 11 is 6.58. The lowest BCUT2D eigenvalue weighted by Crippen LogP contribution is -2.35. The van der Waals surface area contributed by atoms with Gasteiger partial charge in [-0.1, -0.05) is 17.7 Å². The number of benzene rings is 1. The molecule has 0 heterocycles. The van der Waals surface area contributed by atoms with Gasteiger partial charge in [0.25, 0.3) is 0 Å². The summed E-state index contributed by atoms with van der Waals surface area (Å²) in [5.41, 5.74) is 2.64. The van der Waals surface area contributed by atoms with Crippen molar-refractivity contribution >= 4 is 17.3 Å². The van der Waals surface area contributed by atoms with Gasteiger partial charge in [-0.3, -0.25) is 0 Å². The van der Waals surface area contributed by atoms with Gasteiger partial charge in [-0.05, 0) is 70.1 Å². The van der Waals surface area contributed by atoms with Crippen molar-refractivity contribution in [1.29, 1.82) is 0 Å². The van der Waals surface area contributed by atoms with Crippen molar-refractivity contribution in [2.45, 2.75) is 64.6 Å². The highest BCUT2D eigenvalue weighted by molar-refractivity contribution is 6.33. The molecular formula is C18H27ClN2.